The van der Waals surface area contributed by atoms with Crippen molar-refractivity contribution in [3.8, 4) is 0 Å². The highest BCUT2D eigenvalue weighted by molar-refractivity contribution is 5.75. The number of ether oxygens (including phenoxy) is 1. The lowest BCUT2D eigenvalue weighted by molar-refractivity contribution is -0.147. The van der Waals surface area contributed by atoms with Gasteiger partial charge in [-0.1, -0.05) is 30.3 Å². The lowest BCUT2D eigenvalue weighted by Gasteiger charge is -2.19. The fourth-order valence-electron chi connectivity index (χ4n) is 1.41. The summed E-state index contributed by atoms with van der Waals surface area (Å²) in [6.45, 7) is 1.73. The molecule has 0 amide bonds. The smallest absolute Gasteiger partial charge is 0.323 e. The summed E-state index contributed by atoms with van der Waals surface area (Å²) in [6, 6.07) is 5.96. The number of rotatable bonds is 5. The molecule has 0 spiro atoms. The van der Waals surface area contributed by atoms with Crippen LogP contribution in [0.3, 0.4) is 0 Å². The average molecular weight is 243 g/mol. The van der Waals surface area contributed by atoms with Crippen molar-refractivity contribution in [3.05, 3.63) is 35.9 Å². The van der Waals surface area contributed by atoms with Crippen molar-refractivity contribution in [2.24, 2.45) is 5.73 Å². The number of halogens is 2. The molecule has 0 aliphatic carbocycles. The first kappa shape index (κ1) is 13.6. The predicted octanol–water partition coefficient (Wildman–Crippen LogP) is 2.06. The number of hydrogen-bond donors (Lipinski definition) is 1. The highest BCUT2D eigenvalue weighted by Gasteiger charge is 2.36. The molecule has 94 valence electrons. The molecule has 17 heavy (non-hydrogen) atoms. The second-order valence-corrected chi connectivity index (χ2v) is 3.63. The van der Waals surface area contributed by atoms with Crippen molar-refractivity contribution in [1.82, 2.24) is 0 Å². The van der Waals surface area contributed by atoms with Gasteiger partial charge in [-0.15, -0.1) is 0 Å². The number of carbonyl (C=O) groups excluding carboxylic acids is 1. The number of alkyl halides is 2. The molecule has 1 aromatic rings. The first-order valence-electron chi connectivity index (χ1n) is 5.33. The summed E-state index contributed by atoms with van der Waals surface area (Å²) >= 11 is 0. The SMILES string of the molecule is CCOC(=O)C(N)CC(F)(F)c1ccccc1. The van der Waals surface area contributed by atoms with E-state index in [1.54, 1.807) is 13.0 Å². The number of nitrogens with two attached hydrogens (primary N) is 1. The van der Waals surface area contributed by atoms with Crippen LogP contribution in [0.2, 0.25) is 0 Å². The maximum absolute atomic E-state index is 13.7. The van der Waals surface area contributed by atoms with E-state index in [1.165, 1.54) is 24.3 Å². The van der Waals surface area contributed by atoms with Crippen LogP contribution in [0.5, 0.6) is 0 Å². The lowest BCUT2D eigenvalue weighted by Crippen LogP contribution is -2.37. The Morgan fingerprint density at radius 2 is 2.00 bits per heavy atom. The van der Waals surface area contributed by atoms with Gasteiger partial charge in [0.15, 0.2) is 0 Å². The molecule has 1 rings (SSSR count). The maximum atomic E-state index is 13.7. The van der Waals surface area contributed by atoms with Gasteiger partial charge in [-0.05, 0) is 6.92 Å². The summed E-state index contributed by atoms with van der Waals surface area (Å²) in [5.74, 6) is -3.93. The summed E-state index contributed by atoms with van der Waals surface area (Å²) in [5, 5.41) is 0. The van der Waals surface area contributed by atoms with Crippen molar-refractivity contribution in [1.29, 1.82) is 0 Å². The average Bonchev–Trinajstić information content (AvgIpc) is 2.30. The molecule has 1 atom stereocenters. The van der Waals surface area contributed by atoms with Crippen LogP contribution in [-0.2, 0) is 15.5 Å². The molecular weight excluding hydrogens is 228 g/mol. The third-order valence-corrected chi connectivity index (χ3v) is 2.26. The van der Waals surface area contributed by atoms with Crippen LogP contribution in [0.1, 0.15) is 18.9 Å². The van der Waals surface area contributed by atoms with Crippen LogP contribution in [0.4, 0.5) is 8.78 Å². The summed E-state index contributed by atoms with van der Waals surface area (Å²) in [5.41, 5.74) is 5.22. The van der Waals surface area contributed by atoms with Crippen molar-refractivity contribution >= 4 is 5.97 Å². The Balaban J connectivity index is 2.70. The Morgan fingerprint density at radius 3 is 2.53 bits per heavy atom. The summed E-state index contributed by atoms with van der Waals surface area (Å²) in [4.78, 5) is 11.2. The number of hydrogen-bond acceptors (Lipinski definition) is 3. The second kappa shape index (κ2) is 5.72. The summed E-state index contributed by atoms with van der Waals surface area (Å²) < 4.78 is 32.0. The lowest BCUT2D eigenvalue weighted by atomic mass is 10.0. The van der Waals surface area contributed by atoms with Gasteiger partial charge in [0.2, 0.25) is 0 Å². The Labute approximate surface area is 98.6 Å². The minimum Gasteiger partial charge on any atom is -0.465 e. The first-order chi connectivity index (χ1) is 7.97. The van der Waals surface area contributed by atoms with Gasteiger partial charge in [0.1, 0.15) is 6.04 Å². The van der Waals surface area contributed by atoms with Gasteiger partial charge in [-0.2, -0.15) is 0 Å². The van der Waals surface area contributed by atoms with E-state index in [1.807, 2.05) is 0 Å². The van der Waals surface area contributed by atoms with E-state index in [2.05, 4.69) is 4.74 Å². The zero-order chi connectivity index (χ0) is 12.9. The molecule has 5 heteroatoms. The van der Waals surface area contributed by atoms with E-state index in [0.717, 1.165) is 0 Å². The molecule has 0 aliphatic rings. The van der Waals surface area contributed by atoms with E-state index >= 15 is 0 Å². The maximum Gasteiger partial charge on any atom is 0.323 e. The molecule has 2 N–H and O–H groups in total. The Morgan fingerprint density at radius 1 is 1.41 bits per heavy atom. The predicted molar refractivity (Wildman–Crippen MR) is 59.6 cm³/mol. The molecule has 0 aliphatic heterocycles. The highest BCUT2D eigenvalue weighted by Crippen LogP contribution is 2.32. The third kappa shape index (κ3) is 3.78. The fraction of sp³-hybridized carbons (Fsp3) is 0.417. The Hall–Kier alpha value is -1.49. The van der Waals surface area contributed by atoms with Gasteiger partial charge in [0.25, 0.3) is 5.92 Å². The van der Waals surface area contributed by atoms with Crippen molar-refractivity contribution in [2.45, 2.75) is 25.3 Å². The molecule has 3 nitrogen and oxygen atoms in total. The molecule has 0 saturated heterocycles. The van der Waals surface area contributed by atoms with Crippen LogP contribution < -0.4 is 5.73 Å². The van der Waals surface area contributed by atoms with Crippen molar-refractivity contribution in [2.75, 3.05) is 6.61 Å². The zero-order valence-electron chi connectivity index (χ0n) is 9.53. The molecule has 1 aromatic carbocycles. The van der Waals surface area contributed by atoms with Gasteiger partial charge in [0, 0.05) is 12.0 Å². The molecule has 0 heterocycles. The molecule has 0 bridgehead atoms. The van der Waals surface area contributed by atoms with Crippen LogP contribution in [0, 0.1) is 0 Å². The monoisotopic (exact) mass is 243 g/mol. The van der Waals surface area contributed by atoms with E-state index in [0.29, 0.717) is 0 Å². The largest absolute Gasteiger partial charge is 0.465 e. The van der Waals surface area contributed by atoms with Gasteiger partial charge in [0.05, 0.1) is 6.61 Å². The van der Waals surface area contributed by atoms with Crippen molar-refractivity contribution in [3.63, 3.8) is 0 Å². The Kier molecular flexibility index (Phi) is 4.57. The van der Waals surface area contributed by atoms with Gasteiger partial charge in [-0.25, -0.2) is 8.78 Å². The Bertz CT molecular complexity index is 368. The van der Waals surface area contributed by atoms with Gasteiger partial charge < -0.3 is 10.5 Å². The first-order valence-corrected chi connectivity index (χ1v) is 5.33. The minimum atomic E-state index is -3.13. The standard InChI is InChI=1S/C12H15F2NO2/c1-2-17-11(16)10(15)8-12(13,14)9-6-4-3-5-7-9/h3-7,10H,2,8,15H2,1H3. The summed E-state index contributed by atoms with van der Waals surface area (Å²) in [6.07, 6.45) is -0.754. The normalized spacial score (nSPS) is 13.2. The van der Waals surface area contributed by atoms with E-state index in [4.69, 9.17) is 5.73 Å². The second-order valence-electron chi connectivity index (χ2n) is 3.63. The molecular formula is C12H15F2NO2. The third-order valence-electron chi connectivity index (χ3n) is 2.26. The van der Waals surface area contributed by atoms with Crippen molar-refractivity contribution < 1.29 is 18.3 Å². The number of esters is 1. The van der Waals surface area contributed by atoms with E-state index < -0.39 is 24.4 Å². The van der Waals surface area contributed by atoms with Crippen LogP contribution in [-0.4, -0.2) is 18.6 Å². The van der Waals surface area contributed by atoms with Crippen LogP contribution in [0.15, 0.2) is 30.3 Å². The van der Waals surface area contributed by atoms with E-state index in [9.17, 15) is 13.6 Å². The zero-order valence-corrected chi connectivity index (χ0v) is 9.53. The molecule has 0 radical (unpaired) electrons. The quantitative estimate of drug-likeness (QED) is 0.805. The summed E-state index contributed by atoms with van der Waals surface area (Å²) in [7, 11) is 0. The highest BCUT2D eigenvalue weighted by atomic mass is 19.3. The topological polar surface area (TPSA) is 52.3 Å². The van der Waals surface area contributed by atoms with E-state index in [-0.39, 0.29) is 12.2 Å². The minimum absolute atomic E-state index is 0.128. The molecule has 0 saturated carbocycles. The number of benzene rings is 1. The van der Waals surface area contributed by atoms with Gasteiger partial charge >= 0.3 is 5.97 Å². The molecule has 1 unspecified atom stereocenters. The molecule has 0 fully saturated rings. The van der Waals surface area contributed by atoms with Gasteiger partial charge in [-0.3, -0.25) is 4.79 Å². The fourth-order valence-corrected chi connectivity index (χ4v) is 1.41. The van der Waals surface area contributed by atoms with Crippen LogP contribution in [0.25, 0.3) is 0 Å². The van der Waals surface area contributed by atoms with Crippen LogP contribution >= 0.6 is 0 Å². The number of carbonyl (C=O) groups is 1. The molecule has 0 aromatic heterocycles.